The molecule has 0 aromatic heterocycles. The van der Waals surface area contributed by atoms with Gasteiger partial charge in [-0.05, 0) is 13.8 Å². The molecule has 0 saturated carbocycles. The van der Waals surface area contributed by atoms with Gasteiger partial charge in [0, 0.05) is 18.5 Å². The van der Waals surface area contributed by atoms with Crippen LogP contribution < -0.4 is 11.1 Å². The van der Waals surface area contributed by atoms with E-state index in [-0.39, 0.29) is 5.54 Å². The summed E-state index contributed by atoms with van der Waals surface area (Å²) in [6.45, 7) is 5.90. The van der Waals surface area contributed by atoms with Gasteiger partial charge in [0.05, 0.1) is 12.4 Å². The molecule has 0 amide bonds. The van der Waals surface area contributed by atoms with Crippen LogP contribution in [0.15, 0.2) is 4.99 Å². The highest BCUT2D eigenvalue weighted by Crippen LogP contribution is 2.05. The largest absolute Gasteiger partial charge is 0.372 e. The van der Waals surface area contributed by atoms with Crippen LogP contribution in [0.2, 0.25) is 0 Å². The van der Waals surface area contributed by atoms with Crippen LogP contribution in [-0.2, 0) is 0 Å². The summed E-state index contributed by atoms with van der Waals surface area (Å²) in [6.07, 6.45) is 0.854. The molecule has 0 aromatic carbocycles. The molecule has 0 unspecified atom stereocenters. The molecule has 10 heavy (non-hydrogen) atoms. The third-order valence-electron chi connectivity index (χ3n) is 1.37. The lowest BCUT2D eigenvalue weighted by Crippen LogP contribution is -2.37. The predicted molar refractivity (Wildman–Crippen MR) is 43.2 cm³/mol. The van der Waals surface area contributed by atoms with E-state index >= 15 is 0 Å². The third-order valence-corrected chi connectivity index (χ3v) is 1.37. The zero-order valence-electron chi connectivity index (χ0n) is 6.65. The molecule has 0 aliphatic carbocycles. The Labute approximate surface area is 61.7 Å². The molecule has 0 aromatic rings. The highest BCUT2D eigenvalue weighted by Gasteiger charge is 2.15. The Morgan fingerprint density at radius 1 is 1.70 bits per heavy atom. The smallest absolute Gasteiger partial charge is 0.0982 e. The summed E-state index contributed by atoms with van der Waals surface area (Å²) in [7, 11) is 0. The fourth-order valence-corrected chi connectivity index (χ4v) is 0.997. The number of hydrogen-bond donors (Lipinski definition) is 2. The molecule has 3 nitrogen and oxygen atoms in total. The van der Waals surface area contributed by atoms with Gasteiger partial charge in [-0.2, -0.15) is 0 Å². The second-order valence-electron chi connectivity index (χ2n) is 3.42. The van der Waals surface area contributed by atoms with Gasteiger partial charge in [-0.1, -0.05) is 0 Å². The maximum Gasteiger partial charge on any atom is 0.0982 e. The zero-order valence-corrected chi connectivity index (χ0v) is 6.65. The van der Waals surface area contributed by atoms with Gasteiger partial charge in [-0.25, -0.2) is 0 Å². The van der Waals surface area contributed by atoms with Crippen LogP contribution in [0.25, 0.3) is 0 Å². The summed E-state index contributed by atoms with van der Waals surface area (Å²) in [5, 5.41) is 3.18. The highest BCUT2D eigenvalue weighted by atomic mass is 15.1. The summed E-state index contributed by atoms with van der Waals surface area (Å²) in [6, 6.07) is 0. The number of amidine groups is 1. The topological polar surface area (TPSA) is 50.4 Å². The van der Waals surface area contributed by atoms with Crippen LogP contribution >= 0.6 is 0 Å². The zero-order chi connectivity index (χ0) is 7.61. The van der Waals surface area contributed by atoms with Crippen LogP contribution in [0.5, 0.6) is 0 Å². The van der Waals surface area contributed by atoms with Crippen molar-refractivity contribution < 1.29 is 0 Å². The van der Waals surface area contributed by atoms with Gasteiger partial charge >= 0.3 is 0 Å². The number of nitrogens with one attached hydrogen (secondary N) is 1. The molecule has 1 rings (SSSR count). The van der Waals surface area contributed by atoms with E-state index in [0.717, 1.165) is 25.3 Å². The van der Waals surface area contributed by atoms with Crippen LogP contribution in [-0.4, -0.2) is 24.5 Å². The number of hydrogen-bond acceptors (Lipinski definition) is 3. The Hall–Kier alpha value is -0.570. The minimum Gasteiger partial charge on any atom is -0.372 e. The van der Waals surface area contributed by atoms with Crippen molar-refractivity contribution in [3.05, 3.63) is 0 Å². The first-order valence-electron chi connectivity index (χ1n) is 3.64. The van der Waals surface area contributed by atoms with Crippen molar-refractivity contribution in [2.24, 2.45) is 10.7 Å². The van der Waals surface area contributed by atoms with Gasteiger partial charge in [0.25, 0.3) is 0 Å². The number of nitrogens with zero attached hydrogens (tertiary/aromatic N) is 1. The van der Waals surface area contributed by atoms with Crippen LogP contribution in [0.1, 0.15) is 20.3 Å². The van der Waals surface area contributed by atoms with Crippen molar-refractivity contribution in [2.75, 3.05) is 13.1 Å². The third kappa shape index (κ3) is 2.35. The van der Waals surface area contributed by atoms with E-state index < -0.39 is 0 Å². The normalized spacial score (nSPS) is 18.5. The number of nitrogens with two attached hydrogens (primary N) is 1. The molecule has 3 N–H and O–H groups in total. The molecular formula is C7H15N3. The van der Waals surface area contributed by atoms with E-state index in [1.807, 2.05) is 13.8 Å². The van der Waals surface area contributed by atoms with Crippen LogP contribution in [0.4, 0.5) is 0 Å². The Balaban J connectivity index is 2.38. The van der Waals surface area contributed by atoms with E-state index in [4.69, 9.17) is 5.73 Å². The van der Waals surface area contributed by atoms with E-state index in [1.54, 1.807) is 0 Å². The molecular weight excluding hydrogens is 126 g/mol. The minimum atomic E-state index is -0.129. The second kappa shape index (κ2) is 2.58. The Morgan fingerprint density at radius 3 is 2.80 bits per heavy atom. The first-order valence-corrected chi connectivity index (χ1v) is 3.64. The van der Waals surface area contributed by atoms with Crippen molar-refractivity contribution in [2.45, 2.75) is 25.8 Å². The average Bonchev–Trinajstić information content (AvgIpc) is 2.12. The molecule has 0 atom stereocenters. The molecule has 0 spiro atoms. The van der Waals surface area contributed by atoms with Crippen molar-refractivity contribution in [3.8, 4) is 0 Å². The molecule has 1 aliphatic heterocycles. The van der Waals surface area contributed by atoms with Gasteiger partial charge in [0.2, 0.25) is 0 Å². The first-order chi connectivity index (χ1) is 4.58. The summed E-state index contributed by atoms with van der Waals surface area (Å²) < 4.78 is 0. The van der Waals surface area contributed by atoms with Crippen molar-refractivity contribution in [3.63, 3.8) is 0 Å². The average molecular weight is 141 g/mol. The molecule has 0 saturated heterocycles. The monoisotopic (exact) mass is 141 g/mol. The van der Waals surface area contributed by atoms with Crippen molar-refractivity contribution >= 4 is 5.84 Å². The van der Waals surface area contributed by atoms with Crippen LogP contribution in [0.3, 0.4) is 0 Å². The fourth-order valence-electron chi connectivity index (χ4n) is 0.997. The summed E-state index contributed by atoms with van der Waals surface area (Å²) in [4.78, 5) is 4.25. The van der Waals surface area contributed by atoms with Crippen LogP contribution in [0, 0.1) is 0 Å². The SMILES string of the molecule is CC(C)(N)CC1=NCCN1. The molecule has 58 valence electrons. The summed E-state index contributed by atoms with van der Waals surface area (Å²) in [5.41, 5.74) is 5.67. The summed E-state index contributed by atoms with van der Waals surface area (Å²) in [5.74, 6) is 1.06. The lowest BCUT2D eigenvalue weighted by Gasteiger charge is -2.17. The fraction of sp³-hybridized carbons (Fsp3) is 0.857. The predicted octanol–water partition coefficient (Wildman–Crippen LogP) is 0.115. The molecule has 0 radical (unpaired) electrons. The van der Waals surface area contributed by atoms with E-state index in [9.17, 15) is 0 Å². The van der Waals surface area contributed by atoms with E-state index in [1.165, 1.54) is 0 Å². The number of aliphatic imine (C=N–C) groups is 1. The van der Waals surface area contributed by atoms with Crippen molar-refractivity contribution in [1.29, 1.82) is 0 Å². The van der Waals surface area contributed by atoms with Gasteiger partial charge in [0.1, 0.15) is 0 Å². The Kier molecular flexibility index (Phi) is 1.94. The quantitative estimate of drug-likeness (QED) is 0.573. The standard InChI is InChI=1S/C7H15N3/c1-7(2,8)5-6-9-3-4-10-6/h3-5,8H2,1-2H3,(H,9,10). The minimum absolute atomic E-state index is 0.129. The summed E-state index contributed by atoms with van der Waals surface area (Å²) >= 11 is 0. The van der Waals surface area contributed by atoms with Gasteiger partial charge in [-0.15, -0.1) is 0 Å². The highest BCUT2D eigenvalue weighted by molar-refractivity contribution is 5.84. The Morgan fingerprint density at radius 2 is 2.40 bits per heavy atom. The van der Waals surface area contributed by atoms with Gasteiger partial charge in [-0.3, -0.25) is 4.99 Å². The molecule has 3 heteroatoms. The van der Waals surface area contributed by atoms with Crippen molar-refractivity contribution in [1.82, 2.24) is 5.32 Å². The molecule has 1 aliphatic rings. The first kappa shape index (κ1) is 7.54. The maximum atomic E-state index is 5.79. The lowest BCUT2D eigenvalue weighted by molar-refractivity contribution is 0.538. The lowest BCUT2D eigenvalue weighted by atomic mass is 10.0. The molecule has 0 fully saturated rings. The van der Waals surface area contributed by atoms with E-state index in [2.05, 4.69) is 10.3 Å². The van der Waals surface area contributed by atoms with E-state index in [0.29, 0.717) is 0 Å². The van der Waals surface area contributed by atoms with Gasteiger partial charge < -0.3 is 11.1 Å². The molecule has 1 heterocycles. The second-order valence-corrected chi connectivity index (χ2v) is 3.42. The maximum absolute atomic E-state index is 5.79. The Bertz CT molecular complexity index is 143. The number of rotatable bonds is 2. The van der Waals surface area contributed by atoms with Gasteiger partial charge in [0.15, 0.2) is 0 Å². The molecule has 0 bridgehead atoms.